The van der Waals surface area contributed by atoms with E-state index in [0.29, 0.717) is 11.4 Å². The van der Waals surface area contributed by atoms with Gasteiger partial charge in [-0.2, -0.15) is 0 Å². The quantitative estimate of drug-likeness (QED) is 0.865. The van der Waals surface area contributed by atoms with Gasteiger partial charge in [-0.05, 0) is 32.8 Å². The van der Waals surface area contributed by atoms with Crippen LogP contribution < -0.4 is 10.5 Å². The molecule has 0 bridgehead atoms. The van der Waals surface area contributed by atoms with E-state index in [1.807, 2.05) is 18.4 Å². The Bertz CT molecular complexity index is 528. The highest BCUT2D eigenvalue weighted by atomic mass is 32.2. The van der Waals surface area contributed by atoms with E-state index >= 15 is 0 Å². The molecule has 6 heteroatoms. The molecular formula is C13H23N3O2S. The Labute approximate surface area is 115 Å². The van der Waals surface area contributed by atoms with Crippen molar-refractivity contribution in [3.63, 3.8) is 0 Å². The average molecular weight is 285 g/mol. The summed E-state index contributed by atoms with van der Waals surface area (Å²) in [5.41, 5.74) is 6.52. The van der Waals surface area contributed by atoms with E-state index < -0.39 is 10.0 Å². The van der Waals surface area contributed by atoms with Gasteiger partial charge in [0.25, 0.3) is 0 Å². The first kappa shape index (κ1) is 14.6. The number of aromatic nitrogens is 1. The van der Waals surface area contributed by atoms with Gasteiger partial charge in [0.05, 0.1) is 4.90 Å². The van der Waals surface area contributed by atoms with Crippen LogP contribution in [-0.4, -0.2) is 19.0 Å². The van der Waals surface area contributed by atoms with Crippen molar-refractivity contribution in [1.29, 1.82) is 0 Å². The predicted octanol–water partition coefficient (Wildman–Crippen LogP) is 1.75. The van der Waals surface area contributed by atoms with E-state index in [1.54, 1.807) is 12.3 Å². The van der Waals surface area contributed by atoms with Gasteiger partial charge in [0.2, 0.25) is 10.0 Å². The molecule has 0 atom stereocenters. The monoisotopic (exact) mass is 285 g/mol. The summed E-state index contributed by atoms with van der Waals surface area (Å²) in [4.78, 5) is 0.327. The van der Waals surface area contributed by atoms with Crippen molar-refractivity contribution >= 4 is 10.0 Å². The molecule has 0 amide bonds. The van der Waals surface area contributed by atoms with Crippen LogP contribution in [0.4, 0.5) is 0 Å². The third kappa shape index (κ3) is 3.19. The Kier molecular flexibility index (Phi) is 4.32. The highest BCUT2D eigenvalue weighted by molar-refractivity contribution is 7.89. The van der Waals surface area contributed by atoms with Crippen LogP contribution in [0, 0.1) is 0 Å². The molecule has 1 aliphatic carbocycles. The molecule has 1 heterocycles. The number of hydrogen-bond donors (Lipinski definition) is 2. The van der Waals surface area contributed by atoms with Gasteiger partial charge in [0.1, 0.15) is 0 Å². The van der Waals surface area contributed by atoms with Crippen LogP contribution >= 0.6 is 0 Å². The van der Waals surface area contributed by atoms with Crippen LogP contribution in [0.15, 0.2) is 17.2 Å². The molecule has 0 saturated heterocycles. The number of nitrogens with one attached hydrogen (secondary N) is 1. The fraction of sp³-hybridized carbons (Fsp3) is 0.692. The summed E-state index contributed by atoms with van der Waals surface area (Å²) in [6.07, 6.45) is 5.77. The molecule has 19 heavy (non-hydrogen) atoms. The van der Waals surface area contributed by atoms with E-state index in [0.717, 1.165) is 31.4 Å². The van der Waals surface area contributed by atoms with Crippen LogP contribution in [0.5, 0.6) is 0 Å². The molecule has 0 radical (unpaired) electrons. The maximum Gasteiger partial charge on any atom is 0.242 e. The lowest BCUT2D eigenvalue weighted by atomic mass is 10.3. The van der Waals surface area contributed by atoms with Gasteiger partial charge >= 0.3 is 0 Å². The second-order valence-electron chi connectivity index (χ2n) is 5.47. The second kappa shape index (κ2) is 5.64. The van der Waals surface area contributed by atoms with Gasteiger partial charge in [0.15, 0.2) is 0 Å². The van der Waals surface area contributed by atoms with Gasteiger partial charge < -0.3 is 10.3 Å². The van der Waals surface area contributed by atoms with Crippen molar-refractivity contribution in [3.05, 3.63) is 18.0 Å². The first-order chi connectivity index (χ1) is 8.94. The molecule has 0 aromatic carbocycles. The second-order valence-corrected chi connectivity index (χ2v) is 7.19. The molecule has 108 valence electrons. The highest BCUT2D eigenvalue weighted by Crippen LogP contribution is 2.22. The minimum Gasteiger partial charge on any atom is -0.346 e. The van der Waals surface area contributed by atoms with Crippen LogP contribution in [0.3, 0.4) is 0 Å². The number of sulfonamides is 1. The molecule has 1 saturated carbocycles. The van der Waals surface area contributed by atoms with Crippen LogP contribution in [0.1, 0.15) is 51.3 Å². The molecule has 5 nitrogen and oxygen atoms in total. The number of nitrogens with zero attached hydrogens (tertiary/aromatic N) is 1. The van der Waals surface area contributed by atoms with Gasteiger partial charge in [-0.15, -0.1) is 0 Å². The third-order valence-corrected chi connectivity index (χ3v) is 5.15. The van der Waals surface area contributed by atoms with Crippen molar-refractivity contribution in [1.82, 2.24) is 9.29 Å². The molecule has 0 aliphatic heterocycles. The van der Waals surface area contributed by atoms with Crippen LogP contribution in [0.25, 0.3) is 0 Å². The van der Waals surface area contributed by atoms with Crippen molar-refractivity contribution in [3.8, 4) is 0 Å². The summed E-state index contributed by atoms with van der Waals surface area (Å²) in [5, 5.41) is 0. The zero-order chi connectivity index (χ0) is 14.0. The lowest BCUT2D eigenvalue weighted by molar-refractivity contribution is 0.549. The molecule has 1 aromatic heterocycles. The Balaban J connectivity index is 2.24. The Morgan fingerprint density at radius 1 is 1.42 bits per heavy atom. The summed E-state index contributed by atoms with van der Waals surface area (Å²) >= 11 is 0. The molecule has 1 aromatic rings. The third-order valence-electron chi connectivity index (χ3n) is 3.66. The van der Waals surface area contributed by atoms with E-state index in [2.05, 4.69) is 4.72 Å². The van der Waals surface area contributed by atoms with E-state index in [4.69, 9.17) is 5.73 Å². The Morgan fingerprint density at radius 2 is 2.05 bits per heavy atom. The summed E-state index contributed by atoms with van der Waals surface area (Å²) in [7, 11) is -3.42. The highest BCUT2D eigenvalue weighted by Gasteiger charge is 2.24. The van der Waals surface area contributed by atoms with Gasteiger partial charge in [-0.25, -0.2) is 13.1 Å². The Hall–Kier alpha value is -0.850. The van der Waals surface area contributed by atoms with Crippen molar-refractivity contribution in [2.24, 2.45) is 5.73 Å². The molecule has 1 aliphatic rings. The molecule has 0 unspecified atom stereocenters. The van der Waals surface area contributed by atoms with Gasteiger partial charge in [-0.1, -0.05) is 12.8 Å². The molecular weight excluding hydrogens is 262 g/mol. The minimum absolute atomic E-state index is 0.0914. The predicted molar refractivity (Wildman–Crippen MR) is 75.3 cm³/mol. The number of hydrogen-bond acceptors (Lipinski definition) is 3. The number of rotatable bonds is 5. The van der Waals surface area contributed by atoms with Gasteiger partial charge in [0, 0.05) is 30.5 Å². The maximum atomic E-state index is 12.3. The minimum atomic E-state index is -3.42. The normalized spacial score (nSPS) is 17.5. The molecule has 2 rings (SSSR count). The number of nitrogens with two attached hydrogens (primary N) is 1. The van der Waals surface area contributed by atoms with E-state index in [1.165, 1.54) is 0 Å². The lowest BCUT2D eigenvalue weighted by Crippen LogP contribution is -2.32. The Morgan fingerprint density at radius 3 is 2.53 bits per heavy atom. The smallest absolute Gasteiger partial charge is 0.242 e. The molecule has 3 N–H and O–H groups in total. The fourth-order valence-electron chi connectivity index (χ4n) is 2.62. The van der Waals surface area contributed by atoms with Crippen molar-refractivity contribution < 1.29 is 8.42 Å². The first-order valence-corrected chi connectivity index (χ1v) is 8.35. The average Bonchev–Trinajstić information content (AvgIpc) is 2.95. The maximum absolute atomic E-state index is 12.3. The van der Waals surface area contributed by atoms with Crippen LogP contribution in [-0.2, 0) is 16.6 Å². The zero-order valence-electron chi connectivity index (χ0n) is 11.6. The fourth-order valence-corrected chi connectivity index (χ4v) is 3.97. The topological polar surface area (TPSA) is 77.1 Å². The summed E-state index contributed by atoms with van der Waals surface area (Å²) in [6, 6.07) is 1.97. The molecule has 1 fully saturated rings. The SMILES string of the molecule is CC(C)n1cc(S(=O)(=O)NC2CCCC2)cc1CN. The van der Waals surface area contributed by atoms with E-state index in [9.17, 15) is 8.42 Å². The summed E-state index contributed by atoms with van der Waals surface area (Å²) < 4.78 is 29.4. The van der Waals surface area contributed by atoms with Crippen molar-refractivity contribution in [2.45, 2.75) is 63.1 Å². The molecule has 0 spiro atoms. The van der Waals surface area contributed by atoms with E-state index in [-0.39, 0.29) is 12.1 Å². The van der Waals surface area contributed by atoms with Crippen molar-refractivity contribution in [2.75, 3.05) is 0 Å². The van der Waals surface area contributed by atoms with Gasteiger partial charge in [-0.3, -0.25) is 0 Å². The first-order valence-electron chi connectivity index (χ1n) is 6.87. The lowest BCUT2D eigenvalue weighted by Gasteiger charge is -2.12. The summed E-state index contributed by atoms with van der Waals surface area (Å²) in [6.45, 7) is 4.37. The zero-order valence-corrected chi connectivity index (χ0v) is 12.4. The standard InChI is InChI=1S/C13H23N3O2S/c1-10(2)16-9-13(7-12(16)8-14)19(17,18)15-11-5-3-4-6-11/h7,9-11,15H,3-6,8,14H2,1-2H3. The largest absolute Gasteiger partial charge is 0.346 e. The summed E-state index contributed by atoms with van der Waals surface area (Å²) in [5.74, 6) is 0. The van der Waals surface area contributed by atoms with Crippen LogP contribution in [0.2, 0.25) is 0 Å².